The number of fused-ring (bicyclic) bond motifs is 1. The van der Waals surface area contributed by atoms with Crippen molar-refractivity contribution in [3.8, 4) is 11.3 Å². The van der Waals surface area contributed by atoms with Crippen molar-refractivity contribution in [2.45, 2.75) is 0 Å². The number of anilines is 1. The van der Waals surface area contributed by atoms with Crippen LogP contribution >= 0.6 is 22.9 Å². The smallest absolute Gasteiger partial charge is 0.293 e. The summed E-state index contributed by atoms with van der Waals surface area (Å²) >= 11 is 7.24. The molecule has 1 amide bonds. The van der Waals surface area contributed by atoms with E-state index in [-0.39, 0.29) is 17.2 Å². The monoisotopic (exact) mass is 399 g/mol. The van der Waals surface area contributed by atoms with Crippen LogP contribution in [0.1, 0.15) is 10.6 Å². The second-order valence-electron chi connectivity index (χ2n) is 5.52. The number of benzene rings is 2. The number of hydrogen-bond acceptors (Lipinski definition) is 6. The van der Waals surface area contributed by atoms with Crippen molar-refractivity contribution in [1.82, 2.24) is 4.98 Å². The first-order valence-corrected chi connectivity index (χ1v) is 8.92. The summed E-state index contributed by atoms with van der Waals surface area (Å²) in [5.41, 5.74) is 0.929. The summed E-state index contributed by atoms with van der Waals surface area (Å²) in [6, 6.07) is 14.4. The number of para-hydroxylation sites is 1. The minimum absolute atomic E-state index is 0.0282. The average Bonchev–Trinajstić information content (AvgIpc) is 3.28. The molecule has 0 aliphatic rings. The highest BCUT2D eigenvalue weighted by molar-refractivity contribution is 7.22. The molecule has 2 heterocycles. The van der Waals surface area contributed by atoms with Crippen LogP contribution in [0.5, 0.6) is 0 Å². The summed E-state index contributed by atoms with van der Waals surface area (Å²) in [6.45, 7) is 0. The van der Waals surface area contributed by atoms with Crippen LogP contribution in [0.15, 0.2) is 59.0 Å². The fourth-order valence-corrected chi connectivity index (χ4v) is 3.69. The van der Waals surface area contributed by atoms with Crippen molar-refractivity contribution < 1.29 is 14.1 Å². The summed E-state index contributed by atoms with van der Waals surface area (Å²) in [5.74, 6) is -0.228. The number of nitro groups is 1. The standard InChI is InChI=1S/C18H10ClN3O4S/c19-10-5-6-12-16(9-10)27-18(20-12)21-17(23)15-8-7-14(26-15)11-3-1-2-4-13(11)22(24)25/h1-9H,(H,20,21,23). The molecule has 0 radical (unpaired) electrons. The van der Waals surface area contributed by atoms with E-state index in [1.165, 1.54) is 29.5 Å². The third kappa shape index (κ3) is 3.40. The number of hydrogen-bond donors (Lipinski definition) is 1. The zero-order chi connectivity index (χ0) is 19.0. The average molecular weight is 400 g/mol. The zero-order valence-corrected chi connectivity index (χ0v) is 15.1. The van der Waals surface area contributed by atoms with Gasteiger partial charge in [0.2, 0.25) is 0 Å². The predicted molar refractivity (Wildman–Crippen MR) is 103 cm³/mol. The summed E-state index contributed by atoms with van der Waals surface area (Å²) in [5, 5.41) is 14.8. The van der Waals surface area contributed by atoms with Gasteiger partial charge >= 0.3 is 0 Å². The predicted octanol–water partition coefficient (Wildman–Crippen LogP) is 5.37. The molecule has 1 N–H and O–H groups in total. The number of furan rings is 1. The van der Waals surface area contributed by atoms with Gasteiger partial charge in [-0.05, 0) is 36.4 Å². The van der Waals surface area contributed by atoms with Crippen LogP contribution in [-0.2, 0) is 0 Å². The molecule has 0 fully saturated rings. The van der Waals surface area contributed by atoms with Crippen molar-refractivity contribution in [3.63, 3.8) is 0 Å². The summed E-state index contributed by atoms with van der Waals surface area (Å²) < 4.78 is 6.37. The van der Waals surface area contributed by atoms with Crippen molar-refractivity contribution in [3.05, 3.63) is 75.5 Å². The Morgan fingerprint density at radius 2 is 2.00 bits per heavy atom. The molecular weight excluding hydrogens is 390 g/mol. The Balaban J connectivity index is 1.59. The van der Waals surface area contributed by atoms with Gasteiger partial charge in [-0.25, -0.2) is 4.98 Å². The Labute approximate surface area is 161 Å². The van der Waals surface area contributed by atoms with Gasteiger partial charge in [0.25, 0.3) is 11.6 Å². The molecule has 2 aromatic carbocycles. The highest BCUT2D eigenvalue weighted by Crippen LogP contribution is 2.32. The summed E-state index contributed by atoms with van der Waals surface area (Å²) in [6.07, 6.45) is 0. The van der Waals surface area contributed by atoms with Gasteiger partial charge in [0.15, 0.2) is 10.9 Å². The Hall–Kier alpha value is -3.23. The maximum absolute atomic E-state index is 12.4. The van der Waals surface area contributed by atoms with E-state index >= 15 is 0 Å². The molecule has 27 heavy (non-hydrogen) atoms. The number of nitro benzene ring substituents is 1. The lowest BCUT2D eigenvalue weighted by Gasteiger charge is -2.00. The molecule has 0 aliphatic carbocycles. The molecule has 4 aromatic rings. The number of nitrogens with zero attached hydrogens (tertiary/aromatic N) is 2. The van der Waals surface area contributed by atoms with Crippen LogP contribution in [0, 0.1) is 10.1 Å². The van der Waals surface area contributed by atoms with Gasteiger partial charge in [-0.15, -0.1) is 0 Å². The highest BCUT2D eigenvalue weighted by atomic mass is 35.5. The first kappa shape index (κ1) is 17.2. The molecule has 9 heteroatoms. The lowest BCUT2D eigenvalue weighted by Crippen LogP contribution is -2.10. The van der Waals surface area contributed by atoms with Crippen molar-refractivity contribution in [2.24, 2.45) is 0 Å². The minimum Gasteiger partial charge on any atom is -0.451 e. The molecule has 0 aliphatic heterocycles. The van der Waals surface area contributed by atoms with Crippen LogP contribution < -0.4 is 5.32 Å². The van der Waals surface area contributed by atoms with Gasteiger partial charge in [0, 0.05) is 11.1 Å². The van der Waals surface area contributed by atoms with Crippen molar-refractivity contribution >= 4 is 49.9 Å². The first-order valence-electron chi connectivity index (χ1n) is 7.72. The van der Waals surface area contributed by atoms with Gasteiger partial charge in [-0.1, -0.05) is 35.1 Å². The van der Waals surface area contributed by atoms with Gasteiger partial charge in [0.1, 0.15) is 5.76 Å². The normalized spacial score (nSPS) is 10.9. The van der Waals surface area contributed by atoms with E-state index in [0.717, 1.165) is 10.2 Å². The number of nitrogens with one attached hydrogen (secondary N) is 1. The molecule has 2 aromatic heterocycles. The van der Waals surface area contributed by atoms with Gasteiger partial charge < -0.3 is 4.42 Å². The molecule has 0 bridgehead atoms. The quantitative estimate of drug-likeness (QED) is 0.367. The Bertz CT molecular complexity index is 1180. The number of thiazole rings is 1. The Kier molecular flexibility index (Phi) is 4.35. The number of carbonyl (C=O) groups is 1. The van der Waals surface area contributed by atoms with E-state index in [1.54, 1.807) is 36.4 Å². The summed E-state index contributed by atoms with van der Waals surface area (Å²) in [4.78, 5) is 27.4. The van der Waals surface area contributed by atoms with Crippen LogP contribution in [0.25, 0.3) is 21.5 Å². The SMILES string of the molecule is O=C(Nc1nc2ccc(Cl)cc2s1)c1ccc(-c2ccccc2[N+](=O)[O-])o1. The maximum atomic E-state index is 12.4. The van der Waals surface area contributed by atoms with Crippen LogP contribution in [0.2, 0.25) is 5.02 Å². The highest BCUT2D eigenvalue weighted by Gasteiger charge is 2.20. The topological polar surface area (TPSA) is 98.3 Å². The van der Waals surface area contributed by atoms with Gasteiger partial charge in [0.05, 0.1) is 20.7 Å². The number of halogens is 1. The summed E-state index contributed by atoms with van der Waals surface area (Å²) in [7, 11) is 0. The van der Waals surface area contributed by atoms with E-state index < -0.39 is 10.8 Å². The molecule has 0 saturated heterocycles. The van der Waals surface area contributed by atoms with Crippen molar-refractivity contribution in [2.75, 3.05) is 5.32 Å². The third-order valence-corrected chi connectivity index (χ3v) is 4.94. The fourth-order valence-electron chi connectivity index (χ4n) is 2.56. The van der Waals surface area contributed by atoms with E-state index in [4.69, 9.17) is 16.0 Å². The van der Waals surface area contributed by atoms with Crippen LogP contribution in [0.4, 0.5) is 10.8 Å². The van der Waals surface area contributed by atoms with Crippen LogP contribution in [0.3, 0.4) is 0 Å². The second kappa shape index (κ2) is 6.82. The zero-order valence-electron chi connectivity index (χ0n) is 13.5. The number of amides is 1. The Morgan fingerprint density at radius 3 is 2.81 bits per heavy atom. The Morgan fingerprint density at radius 1 is 1.19 bits per heavy atom. The molecule has 134 valence electrons. The van der Waals surface area contributed by atoms with Gasteiger partial charge in [-0.3, -0.25) is 20.2 Å². The lowest BCUT2D eigenvalue weighted by atomic mass is 10.1. The molecule has 7 nitrogen and oxygen atoms in total. The number of aromatic nitrogens is 1. The van der Waals surface area contributed by atoms with E-state index in [2.05, 4.69) is 10.3 Å². The second-order valence-corrected chi connectivity index (χ2v) is 6.99. The first-order chi connectivity index (χ1) is 13.0. The molecule has 4 rings (SSSR count). The van der Waals surface area contributed by atoms with E-state index in [1.807, 2.05) is 0 Å². The largest absolute Gasteiger partial charge is 0.451 e. The third-order valence-electron chi connectivity index (χ3n) is 3.77. The van der Waals surface area contributed by atoms with E-state index in [0.29, 0.717) is 15.7 Å². The molecule has 0 saturated carbocycles. The van der Waals surface area contributed by atoms with E-state index in [9.17, 15) is 14.9 Å². The minimum atomic E-state index is -0.496. The molecule has 0 unspecified atom stereocenters. The molecular formula is C18H10ClN3O4S. The maximum Gasteiger partial charge on any atom is 0.293 e. The molecule has 0 spiro atoms. The number of rotatable bonds is 4. The van der Waals surface area contributed by atoms with Crippen LogP contribution in [-0.4, -0.2) is 15.8 Å². The molecule has 0 atom stereocenters. The lowest BCUT2D eigenvalue weighted by molar-refractivity contribution is -0.384. The van der Waals surface area contributed by atoms with Crippen molar-refractivity contribution in [1.29, 1.82) is 0 Å². The van der Waals surface area contributed by atoms with Gasteiger partial charge in [-0.2, -0.15) is 0 Å². The number of carbonyl (C=O) groups excluding carboxylic acids is 1. The fraction of sp³-hybridized carbons (Fsp3) is 0.